The maximum atomic E-state index is 11.7. The molecule has 6 heteroatoms. The Morgan fingerprint density at radius 1 is 1.28 bits per heavy atom. The van der Waals surface area contributed by atoms with Gasteiger partial charge < -0.3 is 10.1 Å². The molecule has 0 aromatic rings. The second-order valence-corrected chi connectivity index (χ2v) is 6.62. The maximum absolute atomic E-state index is 11.7. The molecule has 1 heterocycles. The molecule has 0 aliphatic carbocycles. The van der Waals surface area contributed by atoms with Crippen molar-refractivity contribution in [3.63, 3.8) is 0 Å². The fraction of sp³-hybridized carbons (Fsp3) is 1.00. The third-order valence-corrected chi connectivity index (χ3v) is 4.55. The molecular formula is C12H26N2O3S. The van der Waals surface area contributed by atoms with Crippen LogP contribution in [-0.4, -0.2) is 46.5 Å². The van der Waals surface area contributed by atoms with E-state index in [1.807, 2.05) is 6.92 Å². The average molecular weight is 278 g/mol. The van der Waals surface area contributed by atoms with Gasteiger partial charge in [-0.25, -0.2) is 13.1 Å². The summed E-state index contributed by atoms with van der Waals surface area (Å²) in [5.74, 6) is 0.200. The van der Waals surface area contributed by atoms with Gasteiger partial charge in [0, 0.05) is 13.2 Å². The van der Waals surface area contributed by atoms with Gasteiger partial charge in [0.15, 0.2) is 0 Å². The van der Waals surface area contributed by atoms with Crippen LogP contribution in [0.15, 0.2) is 0 Å². The summed E-state index contributed by atoms with van der Waals surface area (Å²) in [5.41, 5.74) is 0. The summed E-state index contributed by atoms with van der Waals surface area (Å²) < 4.78 is 31.5. The van der Waals surface area contributed by atoms with E-state index in [9.17, 15) is 8.42 Å². The maximum Gasteiger partial charge on any atom is 0.211 e. The van der Waals surface area contributed by atoms with Crippen LogP contribution in [0, 0.1) is 0 Å². The Labute approximate surface area is 111 Å². The Bertz CT molecular complexity index is 300. The van der Waals surface area contributed by atoms with Crippen molar-refractivity contribution in [3.05, 3.63) is 0 Å². The molecule has 1 atom stereocenters. The van der Waals surface area contributed by atoms with E-state index in [0.717, 1.165) is 39.0 Å². The number of ether oxygens (including phenoxy) is 1. The highest BCUT2D eigenvalue weighted by atomic mass is 32.2. The molecule has 1 fully saturated rings. The second kappa shape index (κ2) is 8.85. The van der Waals surface area contributed by atoms with Gasteiger partial charge in [-0.3, -0.25) is 0 Å². The van der Waals surface area contributed by atoms with E-state index in [2.05, 4.69) is 10.0 Å². The summed E-state index contributed by atoms with van der Waals surface area (Å²) in [4.78, 5) is 0. The van der Waals surface area contributed by atoms with Crippen LogP contribution in [0.25, 0.3) is 0 Å². The lowest BCUT2D eigenvalue weighted by Gasteiger charge is -2.22. The summed E-state index contributed by atoms with van der Waals surface area (Å²) in [6, 6.07) is 0. The summed E-state index contributed by atoms with van der Waals surface area (Å²) in [6.07, 6.45) is 5.06. The molecular weight excluding hydrogens is 252 g/mol. The van der Waals surface area contributed by atoms with Crippen molar-refractivity contribution in [2.45, 2.75) is 45.1 Å². The monoisotopic (exact) mass is 278 g/mol. The topological polar surface area (TPSA) is 67.4 Å². The standard InChI is InChI=1S/C12H26N2O3S/c1-2-13-8-5-11-18(15,16)14-9-7-12-6-3-4-10-17-12/h12-14H,2-11H2,1H3. The molecule has 0 spiro atoms. The Morgan fingerprint density at radius 3 is 2.78 bits per heavy atom. The number of rotatable bonds is 9. The Hall–Kier alpha value is -0.170. The highest BCUT2D eigenvalue weighted by Crippen LogP contribution is 2.14. The second-order valence-electron chi connectivity index (χ2n) is 4.70. The molecule has 1 aliphatic rings. The average Bonchev–Trinajstić information content (AvgIpc) is 2.36. The van der Waals surface area contributed by atoms with Crippen molar-refractivity contribution in [2.75, 3.05) is 32.0 Å². The van der Waals surface area contributed by atoms with Crippen LogP contribution in [-0.2, 0) is 14.8 Å². The zero-order valence-corrected chi connectivity index (χ0v) is 12.1. The van der Waals surface area contributed by atoms with Crippen LogP contribution in [0.2, 0.25) is 0 Å². The van der Waals surface area contributed by atoms with Gasteiger partial charge in [-0.05, 0) is 45.2 Å². The molecule has 0 bridgehead atoms. The van der Waals surface area contributed by atoms with Gasteiger partial charge in [-0.1, -0.05) is 6.92 Å². The molecule has 1 unspecified atom stereocenters. The van der Waals surface area contributed by atoms with E-state index in [-0.39, 0.29) is 11.9 Å². The highest BCUT2D eigenvalue weighted by Gasteiger charge is 2.15. The first-order chi connectivity index (χ1) is 8.64. The third-order valence-electron chi connectivity index (χ3n) is 3.08. The number of hydrogen-bond acceptors (Lipinski definition) is 4. The van der Waals surface area contributed by atoms with E-state index in [0.29, 0.717) is 13.0 Å². The molecule has 0 aromatic carbocycles. The van der Waals surface area contributed by atoms with Crippen molar-refractivity contribution < 1.29 is 13.2 Å². The predicted octanol–water partition coefficient (Wildman–Crippen LogP) is 0.865. The fourth-order valence-electron chi connectivity index (χ4n) is 2.05. The van der Waals surface area contributed by atoms with Gasteiger partial charge in [-0.15, -0.1) is 0 Å². The van der Waals surface area contributed by atoms with Crippen LogP contribution in [0.5, 0.6) is 0 Å². The molecule has 18 heavy (non-hydrogen) atoms. The Kier molecular flexibility index (Phi) is 7.81. The van der Waals surface area contributed by atoms with Crippen LogP contribution in [0.4, 0.5) is 0 Å². The lowest BCUT2D eigenvalue weighted by atomic mass is 10.1. The van der Waals surface area contributed by atoms with Crippen molar-refractivity contribution in [1.29, 1.82) is 0 Å². The third kappa shape index (κ3) is 7.31. The minimum atomic E-state index is -3.11. The van der Waals surface area contributed by atoms with E-state index >= 15 is 0 Å². The molecule has 1 rings (SSSR count). The normalized spacial score (nSPS) is 21.1. The molecule has 108 valence electrons. The molecule has 1 aliphatic heterocycles. The van der Waals surface area contributed by atoms with Gasteiger partial charge in [0.2, 0.25) is 10.0 Å². The molecule has 0 aromatic heterocycles. The minimum Gasteiger partial charge on any atom is -0.378 e. The van der Waals surface area contributed by atoms with Gasteiger partial charge in [0.05, 0.1) is 11.9 Å². The molecule has 2 N–H and O–H groups in total. The summed E-state index contributed by atoms with van der Waals surface area (Å²) >= 11 is 0. The molecule has 0 amide bonds. The van der Waals surface area contributed by atoms with E-state index in [4.69, 9.17) is 4.74 Å². The van der Waals surface area contributed by atoms with Crippen LogP contribution in [0.3, 0.4) is 0 Å². The van der Waals surface area contributed by atoms with E-state index in [1.54, 1.807) is 0 Å². The zero-order chi connectivity index (χ0) is 13.3. The molecule has 0 radical (unpaired) electrons. The first-order valence-corrected chi connectivity index (χ1v) is 8.59. The van der Waals surface area contributed by atoms with Gasteiger partial charge in [0.25, 0.3) is 0 Å². The lowest BCUT2D eigenvalue weighted by molar-refractivity contribution is 0.0123. The van der Waals surface area contributed by atoms with Crippen molar-refractivity contribution in [3.8, 4) is 0 Å². The number of nitrogens with one attached hydrogen (secondary N) is 2. The van der Waals surface area contributed by atoms with Crippen LogP contribution in [0.1, 0.15) is 39.0 Å². The Balaban J connectivity index is 2.08. The van der Waals surface area contributed by atoms with E-state index < -0.39 is 10.0 Å². The summed E-state index contributed by atoms with van der Waals surface area (Å²) in [6.45, 7) is 4.96. The van der Waals surface area contributed by atoms with Gasteiger partial charge in [-0.2, -0.15) is 0 Å². The van der Waals surface area contributed by atoms with E-state index in [1.165, 1.54) is 6.42 Å². The fourth-order valence-corrected chi connectivity index (χ4v) is 3.14. The van der Waals surface area contributed by atoms with Crippen molar-refractivity contribution >= 4 is 10.0 Å². The largest absolute Gasteiger partial charge is 0.378 e. The quantitative estimate of drug-likeness (QED) is 0.614. The predicted molar refractivity (Wildman–Crippen MR) is 73.2 cm³/mol. The SMILES string of the molecule is CCNCCCS(=O)(=O)NCCC1CCCCO1. The molecule has 5 nitrogen and oxygen atoms in total. The smallest absolute Gasteiger partial charge is 0.211 e. The van der Waals surface area contributed by atoms with Crippen LogP contribution >= 0.6 is 0 Å². The molecule has 0 saturated carbocycles. The zero-order valence-electron chi connectivity index (χ0n) is 11.3. The van der Waals surface area contributed by atoms with Crippen molar-refractivity contribution in [2.24, 2.45) is 0 Å². The van der Waals surface area contributed by atoms with Crippen LogP contribution < -0.4 is 10.0 Å². The summed E-state index contributed by atoms with van der Waals surface area (Å²) in [5, 5.41) is 3.12. The molecule has 1 saturated heterocycles. The number of hydrogen-bond donors (Lipinski definition) is 2. The lowest BCUT2D eigenvalue weighted by Crippen LogP contribution is -2.32. The first-order valence-electron chi connectivity index (χ1n) is 6.93. The first kappa shape index (κ1) is 15.9. The Morgan fingerprint density at radius 2 is 2.11 bits per heavy atom. The number of sulfonamides is 1. The minimum absolute atomic E-state index is 0.200. The van der Waals surface area contributed by atoms with Crippen molar-refractivity contribution in [1.82, 2.24) is 10.0 Å². The highest BCUT2D eigenvalue weighted by molar-refractivity contribution is 7.89. The summed E-state index contributed by atoms with van der Waals surface area (Å²) in [7, 11) is -3.11. The van der Waals surface area contributed by atoms with Gasteiger partial charge in [0.1, 0.15) is 0 Å². The van der Waals surface area contributed by atoms with Gasteiger partial charge >= 0.3 is 0 Å².